The third-order valence-corrected chi connectivity index (χ3v) is 2.87. The van der Waals surface area contributed by atoms with Crippen molar-refractivity contribution in [2.75, 3.05) is 5.32 Å². The van der Waals surface area contributed by atoms with Gasteiger partial charge in [0, 0.05) is 23.7 Å². The molecule has 0 aliphatic heterocycles. The fraction of sp³-hybridized carbons (Fsp3) is 0.529. The van der Waals surface area contributed by atoms with Crippen LogP contribution in [0.2, 0.25) is 0 Å². The standard InChI is InChI=1S/C17H26N2O2/c1-12(20)18-14-9-7-8-13(10-14)15(21)19-17(5,6)11-16(2,3)4/h7-10H,11H2,1-6H3,(H,18,20)(H,19,21). The van der Waals surface area contributed by atoms with Crippen LogP contribution < -0.4 is 10.6 Å². The van der Waals surface area contributed by atoms with Crippen LogP contribution in [0.1, 0.15) is 58.3 Å². The summed E-state index contributed by atoms with van der Waals surface area (Å²) in [6.45, 7) is 11.9. The lowest BCUT2D eigenvalue weighted by Crippen LogP contribution is -2.45. The molecule has 0 saturated heterocycles. The van der Waals surface area contributed by atoms with Gasteiger partial charge in [-0.3, -0.25) is 9.59 Å². The predicted molar refractivity (Wildman–Crippen MR) is 86.4 cm³/mol. The van der Waals surface area contributed by atoms with E-state index in [1.54, 1.807) is 24.3 Å². The van der Waals surface area contributed by atoms with Crippen molar-refractivity contribution in [1.82, 2.24) is 5.32 Å². The van der Waals surface area contributed by atoms with Crippen LogP contribution in [0.15, 0.2) is 24.3 Å². The third kappa shape index (κ3) is 6.43. The summed E-state index contributed by atoms with van der Waals surface area (Å²) in [7, 11) is 0. The van der Waals surface area contributed by atoms with Crippen LogP contribution in [0.4, 0.5) is 5.69 Å². The van der Waals surface area contributed by atoms with Gasteiger partial charge in [0.15, 0.2) is 0 Å². The summed E-state index contributed by atoms with van der Waals surface area (Å²) in [4.78, 5) is 23.4. The molecule has 1 rings (SSSR count). The molecular weight excluding hydrogens is 264 g/mol. The first-order valence-corrected chi connectivity index (χ1v) is 7.19. The van der Waals surface area contributed by atoms with Gasteiger partial charge in [0.25, 0.3) is 5.91 Å². The summed E-state index contributed by atoms with van der Waals surface area (Å²) < 4.78 is 0. The van der Waals surface area contributed by atoms with E-state index in [4.69, 9.17) is 0 Å². The van der Waals surface area contributed by atoms with E-state index in [1.165, 1.54) is 6.92 Å². The van der Waals surface area contributed by atoms with Gasteiger partial charge in [-0.1, -0.05) is 26.8 Å². The maximum atomic E-state index is 12.4. The molecular formula is C17H26N2O2. The Balaban J connectivity index is 2.82. The molecule has 116 valence electrons. The van der Waals surface area contributed by atoms with Gasteiger partial charge in [0.2, 0.25) is 5.91 Å². The largest absolute Gasteiger partial charge is 0.347 e. The molecule has 0 unspecified atom stereocenters. The SMILES string of the molecule is CC(=O)Nc1cccc(C(=O)NC(C)(C)CC(C)(C)C)c1. The van der Waals surface area contributed by atoms with Gasteiger partial charge >= 0.3 is 0 Å². The van der Waals surface area contributed by atoms with Crippen LogP contribution >= 0.6 is 0 Å². The molecule has 4 heteroatoms. The first-order valence-electron chi connectivity index (χ1n) is 7.19. The summed E-state index contributed by atoms with van der Waals surface area (Å²) in [5.74, 6) is -0.280. The van der Waals surface area contributed by atoms with Crippen molar-refractivity contribution in [1.29, 1.82) is 0 Å². The molecule has 0 spiro atoms. The van der Waals surface area contributed by atoms with E-state index in [2.05, 4.69) is 31.4 Å². The van der Waals surface area contributed by atoms with Crippen LogP contribution in [-0.4, -0.2) is 17.4 Å². The average molecular weight is 290 g/mol. The Bertz CT molecular complexity index is 528. The van der Waals surface area contributed by atoms with Crippen molar-refractivity contribution in [2.24, 2.45) is 5.41 Å². The topological polar surface area (TPSA) is 58.2 Å². The normalized spacial score (nSPS) is 11.9. The number of anilines is 1. The van der Waals surface area contributed by atoms with Gasteiger partial charge in [-0.2, -0.15) is 0 Å². The van der Waals surface area contributed by atoms with E-state index < -0.39 is 0 Å². The van der Waals surface area contributed by atoms with Crippen molar-refractivity contribution >= 4 is 17.5 Å². The Labute approximate surface area is 127 Å². The van der Waals surface area contributed by atoms with E-state index in [-0.39, 0.29) is 22.8 Å². The van der Waals surface area contributed by atoms with Gasteiger partial charge in [-0.05, 0) is 43.9 Å². The molecule has 0 fully saturated rings. The van der Waals surface area contributed by atoms with Crippen LogP contribution in [-0.2, 0) is 4.79 Å². The van der Waals surface area contributed by atoms with Crippen molar-refractivity contribution in [3.8, 4) is 0 Å². The second kappa shape index (κ2) is 6.29. The number of hydrogen-bond donors (Lipinski definition) is 2. The fourth-order valence-electron chi connectivity index (χ4n) is 2.69. The molecule has 4 nitrogen and oxygen atoms in total. The Hall–Kier alpha value is -1.84. The minimum absolute atomic E-state index is 0.128. The summed E-state index contributed by atoms with van der Waals surface area (Å²) in [5.41, 5.74) is 1.01. The second-order valence-electron chi connectivity index (χ2n) is 7.34. The zero-order valence-corrected chi connectivity index (χ0v) is 13.8. The highest BCUT2D eigenvalue weighted by atomic mass is 16.2. The maximum Gasteiger partial charge on any atom is 0.251 e. The van der Waals surface area contributed by atoms with Crippen molar-refractivity contribution in [3.63, 3.8) is 0 Å². The molecule has 2 amide bonds. The van der Waals surface area contributed by atoms with Crippen LogP contribution in [0.3, 0.4) is 0 Å². The van der Waals surface area contributed by atoms with Crippen molar-refractivity contribution < 1.29 is 9.59 Å². The highest BCUT2D eigenvalue weighted by molar-refractivity contribution is 5.97. The summed E-state index contributed by atoms with van der Waals surface area (Å²) in [5, 5.41) is 5.74. The minimum atomic E-state index is -0.292. The number of rotatable bonds is 4. The Kier molecular flexibility index (Phi) is 5.15. The Morgan fingerprint density at radius 1 is 1.10 bits per heavy atom. The monoisotopic (exact) mass is 290 g/mol. The lowest BCUT2D eigenvalue weighted by molar-refractivity contribution is -0.114. The number of amides is 2. The average Bonchev–Trinajstić information content (AvgIpc) is 2.24. The third-order valence-electron chi connectivity index (χ3n) is 2.87. The second-order valence-corrected chi connectivity index (χ2v) is 7.34. The minimum Gasteiger partial charge on any atom is -0.347 e. The number of hydrogen-bond acceptors (Lipinski definition) is 2. The number of carbonyl (C=O) groups excluding carboxylic acids is 2. The molecule has 0 saturated carbocycles. The summed E-state index contributed by atoms with van der Waals surface area (Å²) in [6.07, 6.45) is 0.872. The van der Waals surface area contributed by atoms with Crippen LogP contribution in [0, 0.1) is 5.41 Å². The van der Waals surface area contributed by atoms with Crippen molar-refractivity contribution in [2.45, 2.75) is 53.5 Å². The molecule has 0 atom stereocenters. The van der Waals surface area contributed by atoms with E-state index in [0.717, 1.165) is 6.42 Å². The predicted octanol–water partition coefficient (Wildman–Crippen LogP) is 3.59. The van der Waals surface area contributed by atoms with E-state index in [0.29, 0.717) is 11.3 Å². The highest BCUT2D eigenvalue weighted by Crippen LogP contribution is 2.27. The number of nitrogens with one attached hydrogen (secondary N) is 2. The Morgan fingerprint density at radius 2 is 1.71 bits per heavy atom. The summed E-state index contributed by atoms with van der Waals surface area (Å²) in [6, 6.07) is 6.95. The van der Waals surface area contributed by atoms with Gasteiger partial charge in [0.05, 0.1) is 0 Å². The lowest BCUT2D eigenvalue weighted by Gasteiger charge is -2.33. The zero-order valence-electron chi connectivity index (χ0n) is 13.8. The van der Waals surface area contributed by atoms with Crippen molar-refractivity contribution in [3.05, 3.63) is 29.8 Å². The van der Waals surface area contributed by atoms with E-state index in [9.17, 15) is 9.59 Å². The van der Waals surface area contributed by atoms with Gasteiger partial charge in [-0.15, -0.1) is 0 Å². The molecule has 21 heavy (non-hydrogen) atoms. The molecule has 0 aliphatic carbocycles. The summed E-state index contributed by atoms with van der Waals surface area (Å²) >= 11 is 0. The molecule has 0 radical (unpaired) electrons. The van der Waals surface area contributed by atoms with E-state index in [1.807, 2.05) is 13.8 Å². The molecule has 2 N–H and O–H groups in total. The van der Waals surface area contributed by atoms with Gasteiger partial charge in [0.1, 0.15) is 0 Å². The maximum absolute atomic E-state index is 12.4. The van der Waals surface area contributed by atoms with Crippen LogP contribution in [0.25, 0.3) is 0 Å². The number of benzene rings is 1. The smallest absolute Gasteiger partial charge is 0.251 e. The molecule has 0 heterocycles. The lowest BCUT2D eigenvalue weighted by atomic mass is 9.81. The molecule has 1 aromatic carbocycles. The molecule has 0 aromatic heterocycles. The molecule has 0 bridgehead atoms. The fourth-order valence-corrected chi connectivity index (χ4v) is 2.69. The molecule has 0 aliphatic rings. The quantitative estimate of drug-likeness (QED) is 0.890. The van der Waals surface area contributed by atoms with Gasteiger partial charge in [-0.25, -0.2) is 0 Å². The van der Waals surface area contributed by atoms with E-state index >= 15 is 0 Å². The number of carbonyl (C=O) groups is 2. The first-order chi connectivity index (χ1) is 9.48. The van der Waals surface area contributed by atoms with Crippen LogP contribution in [0.5, 0.6) is 0 Å². The first kappa shape index (κ1) is 17.2. The molecule has 1 aromatic rings. The highest BCUT2D eigenvalue weighted by Gasteiger charge is 2.27. The Morgan fingerprint density at radius 3 is 2.24 bits per heavy atom. The van der Waals surface area contributed by atoms with Gasteiger partial charge < -0.3 is 10.6 Å². The zero-order chi connectivity index (χ0) is 16.3.